The van der Waals surface area contributed by atoms with Crippen molar-refractivity contribution >= 4 is 28.2 Å². The van der Waals surface area contributed by atoms with Gasteiger partial charge in [0, 0.05) is 4.88 Å². The molecule has 0 spiro atoms. The Kier molecular flexibility index (Phi) is 3.60. The Labute approximate surface area is 106 Å². The van der Waals surface area contributed by atoms with Gasteiger partial charge in [-0.1, -0.05) is 0 Å². The summed E-state index contributed by atoms with van der Waals surface area (Å²) >= 11 is 1.09. The Bertz CT molecular complexity index is 499. The molecule has 1 aliphatic carbocycles. The molecule has 98 valence electrons. The molecule has 4 nitrogen and oxygen atoms in total. The molecule has 0 radical (unpaired) electrons. The van der Waals surface area contributed by atoms with Crippen molar-refractivity contribution in [1.29, 1.82) is 0 Å². The smallest absolute Gasteiger partial charge is 0.339 e. The summed E-state index contributed by atoms with van der Waals surface area (Å²) in [5.41, 5.74) is 0.659. The molecule has 1 heterocycles. The molecule has 18 heavy (non-hydrogen) atoms. The molecule has 0 saturated carbocycles. The number of alkyl halides is 2. The number of nitrogens with one attached hydrogen (secondary N) is 1. The van der Waals surface area contributed by atoms with Crippen molar-refractivity contribution in [3.05, 3.63) is 16.0 Å². The third-order valence-corrected chi connectivity index (χ3v) is 4.03. The summed E-state index contributed by atoms with van der Waals surface area (Å²) in [6, 6.07) is 0. The van der Waals surface area contributed by atoms with Crippen molar-refractivity contribution in [3.8, 4) is 0 Å². The average Bonchev–Trinajstić information content (AvgIpc) is 2.66. The third kappa shape index (κ3) is 2.35. The molecule has 1 amide bonds. The number of carboxylic acid groups (broad SMARTS) is 1. The first-order valence-corrected chi connectivity index (χ1v) is 6.29. The van der Waals surface area contributed by atoms with Gasteiger partial charge in [-0.15, -0.1) is 11.3 Å². The van der Waals surface area contributed by atoms with Crippen LogP contribution in [-0.4, -0.2) is 23.4 Å². The van der Waals surface area contributed by atoms with Crippen molar-refractivity contribution in [2.24, 2.45) is 0 Å². The number of aryl methyl sites for hydroxylation is 1. The number of anilines is 1. The number of hydrogen-bond donors (Lipinski definition) is 2. The highest BCUT2D eigenvalue weighted by Gasteiger charge is 2.27. The van der Waals surface area contributed by atoms with Crippen molar-refractivity contribution in [2.45, 2.75) is 32.1 Å². The first-order valence-electron chi connectivity index (χ1n) is 5.47. The fourth-order valence-corrected chi connectivity index (χ4v) is 3.33. The van der Waals surface area contributed by atoms with E-state index in [9.17, 15) is 18.4 Å². The Balaban J connectivity index is 2.37. The Morgan fingerprint density at radius 1 is 1.28 bits per heavy atom. The van der Waals surface area contributed by atoms with E-state index in [-0.39, 0.29) is 10.6 Å². The first kappa shape index (κ1) is 12.9. The van der Waals surface area contributed by atoms with Gasteiger partial charge in [-0.3, -0.25) is 4.79 Å². The first-order chi connectivity index (χ1) is 8.50. The molecule has 1 aromatic heterocycles. The van der Waals surface area contributed by atoms with Gasteiger partial charge in [0.15, 0.2) is 0 Å². The van der Waals surface area contributed by atoms with Crippen LogP contribution in [0.1, 0.15) is 33.6 Å². The topological polar surface area (TPSA) is 66.4 Å². The lowest BCUT2D eigenvalue weighted by atomic mass is 9.95. The van der Waals surface area contributed by atoms with Crippen molar-refractivity contribution in [2.75, 3.05) is 5.32 Å². The Morgan fingerprint density at radius 3 is 2.56 bits per heavy atom. The molecule has 0 unspecified atom stereocenters. The number of carbonyl (C=O) groups excluding carboxylic acids is 1. The fraction of sp³-hybridized carbons (Fsp3) is 0.455. The molecule has 0 fully saturated rings. The highest BCUT2D eigenvalue weighted by atomic mass is 32.1. The van der Waals surface area contributed by atoms with Gasteiger partial charge >= 0.3 is 12.4 Å². The van der Waals surface area contributed by atoms with Crippen molar-refractivity contribution in [3.63, 3.8) is 0 Å². The number of thiophene rings is 1. The predicted molar refractivity (Wildman–Crippen MR) is 62.6 cm³/mol. The number of amides is 1. The van der Waals surface area contributed by atoms with Crippen LogP contribution in [-0.2, 0) is 17.6 Å². The Hall–Kier alpha value is -1.50. The summed E-state index contributed by atoms with van der Waals surface area (Å²) in [5.74, 6) is -2.64. The minimum absolute atomic E-state index is 0.0244. The normalized spacial score (nSPS) is 14.4. The summed E-state index contributed by atoms with van der Waals surface area (Å²) in [7, 11) is 0. The van der Waals surface area contributed by atoms with Gasteiger partial charge in [-0.05, 0) is 31.2 Å². The van der Waals surface area contributed by atoms with E-state index in [2.05, 4.69) is 0 Å². The van der Waals surface area contributed by atoms with Gasteiger partial charge in [0.1, 0.15) is 5.00 Å². The second-order valence-electron chi connectivity index (χ2n) is 4.01. The monoisotopic (exact) mass is 275 g/mol. The van der Waals surface area contributed by atoms with E-state index in [4.69, 9.17) is 5.11 Å². The van der Waals surface area contributed by atoms with Gasteiger partial charge in [-0.2, -0.15) is 8.78 Å². The van der Waals surface area contributed by atoms with Gasteiger partial charge < -0.3 is 10.4 Å². The summed E-state index contributed by atoms with van der Waals surface area (Å²) in [4.78, 5) is 23.0. The summed E-state index contributed by atoms with van der Waals surface area (Å²) < 4.78 is 24.4. The average molecular weight is 275 g/mol. The molecular formula is C11H11F2NO3S. The lowest BCUT2D eigenvalue weighted by Gasteiger charge is -2.10. The molecule has 2 rings (SSSR count). The van der Waals surface area contributed by atoms with Crippen LogP contribution in [0.4, 0.5) is 13.8 Å². The zero-order valence-electron chi connectivity index (χ0n) is 9.33. The molecule has 0 aromatic carbocycles. The van der Waals surface area contributed by atoms with Gasteiger partial charge in [0.2, 0.25) is 0 Å². The van der Waals surface area contributed by atoms with E-state index in [1.807, 2.05) is 5.32 Å². The summed E-state index contributed by atoms with van der Waals surface area (Å²) in [6.45, 7) is 0. The van der Waals surface area contributed by atoms with Crippen LogP contribution in [0.15, 0.2) is 0 Å². The number of rotatable bonds is 3. The van der Waals surface area contributed by atoms with E-state index in [1.54, 1.807) is 0 Å². The predicted octanol–water partition coefficient (Wildman–Crippen LogP) is 2.53. The molecule has 0 atom stereocenters. The maximum atomic E-state index is 12.2. The van der Waals surface area contributed by atoms with E-state index in [0.717, 1.165) is 35.5 Å². The largest absolute Gasteiger partial charge is 0.478 e. The third-order valence-electron chi connectivity index (χ3n) is 2.82. The maximum absolute atomic E-state index is 12.2. The minimum Gasteiger partial charge on any atom is -0.478 e. The van der Waals surface area contributed by atoms with Gasteiger partial charge in [0.25, 0.3) is 5.91 Å². The second-order valence-corrected chi connectivity index (χ2v) is 5.12. The van der Waals surface area contributed by atoms with Crippen molar-refractivity contribution in [1.82, 2.24) is 0 Å². The zero-order valence-corrected chi connectivity index (χ0v) is 10.2. The van der Waals surface area contributed by atoms with Gasteiger partial charge in [0.05, 0.1) is 5.56 Å². The van der Waals surface area contributed by atoms with Crippen molar-refractivity contribution < 1.29 is 23.5 Å². The van der Waals surface area contributed by atoms with Crippen LogP contribution in [0.25, 0.3) is 0 Å². The highest BCUT2D eigenvalue weighted by Crippen LogP contribution is 2.38. The standard InChI is InChI=1S/C11H11F2NO3S/c12-8(13)9(15)14-10-7(11(16)17)5-3-1-2-4-6(5)18-10/h8H,1-4H2,(H,14,15)(H,16,17). The van der Waals surface area contributed by atoms with Gasteiger partial charge in [-0.25, -0.2) is 4.79 Å². The van der Waals surface area contributed by atoms with Crippen LogP contribution in [0.3, 0.4) is 0 Å². The lowest BCUT2D eigenvalue weighted by Crippen LogP contribution is -2.20. The van der Waals surface area contributed by atoms with Crippen LogP contribution < -0.4 is 5.32 Å². The molecule has 0 aliphatic heterocycles. The molecule has 0 bridgehead atoms. The summed E-state index contributed by atoms with van der Waals surface area (Å²) in [6.07, 6.45) is 0.0509. The molecular weight excluding hydrogens is 264 g/mol. The van der Waals surface area contributed by atoms with Crippen LogP contribution >= 0.6 is 11.3 Å². The summed E-state index contributed by atoms with van der Waals surface area (Å²) in [5, 5.41) is 11.2. The number of aromatic carboxylic acids is 1. The SMILES string of the molecule is O=C(O)c1c(NC(=O)C(F)F)sc2c1CCCC2. The molecule has 0 saturated heterocycles. The van der Waals surface area contributed by atoms with E-state index < -0.39 is 18.3 Å². The Morgan fingerprint density at radius 2 is 1.94 bits per heavy atom. The lowest BCUT2D eigenvalue weighted by molar-refractivity contribution is -0.126. The maximum Gasteiger partial charge on any atom is 0.339 e. The molecule has 1 aliphatic rings. The van der Waals surface area contributed by atoms with Crippen LogP contribution in [0, 0.1) is 0 Å². The fourth-order valence-electron chi connectivity index (χ4n) is 2.05. The minimum atomic E-state index is -3.15. The molecule has 7 heteroatoms. The number of hydrogen-bond acceptors (Lipinski definition) is 3. The van der Waals surface area contributed by atoms with E-state index >= 15 is 0 Å². The van der Waals surface area contributed by atoms with E-state index in [0.29, 0.717) is 12.0 Å². The highest BCUT2D eigenvalue weighted by molar-refractivity contribution is 7.17. The second kappa shape index (κ2) is 5.01. The number of carbonyl (C=O) groups is 2. The quantitative estimate of drug-likeness (QED) is 0.890. The molecule has 2 N–H and O–H groups in total. The van der Waals surface area contributed by atoms with E-state index in [1.165, 1.54) is 0 Å². The zero-order chi connectivity index (χ0) is 13.3. The number of fused-ring (bicyclic) bond motifs is 1. The van der Waals surface area contributed by atoms with Crippen LogP contribution in [0.2, 0.25) is 0 Å². The number of carboxylic acids is 1. The number of halogens is 2. The molecule has 1 aromatic rings. The van der Waals surface area contributed by atoms with Crippen LogP contribution in [0.5, 0.6) is 0 Å².